The number of hydrogen-bond donors (Lipinski definition) is 2. The molecular weight excluding hydrogens is 428 g/mol. The molecule has 2 amide bonds. The van der Waals surface area contributed by atoms with Gasteiger partial charge in [-0.1, -0.05) is 54.2 Å². The zero-order valence-electron chi connectivity index (χ0n) is 16.7. The van der Waals surface area contributed by atoms with Gasteiger partial charge in [0.05, 0.1) is 33.3 Å². The number of para-hydroxylation sites is 1. The molecule has 4 aromatic rings. The molecule has 0 saturated heterocycles. The average molecular weight is 449 g/mol. The number of carbonyl (C=O) groups is 2. The molecule has 2 aromatic heterocycles. The summed E-state index contributed by atoms with van der Waals surface area (Å²) in [6.07, 6.45) is 1.50. The number of aromatic nitrogens is 2. The summed E-state index contributed by atoms with van der Waals surface area (Å²) in [5, 5.41) is 8.58. The third-order valence-corrected chi connectivity index (χ3v) is 6.67. The minimum Gasteiger partial charge on any atom is -0.345 e. The van der Waals surface area contributed by atoms with Gasteiger partial charge in [0.25, 0.3) is 5.91 Å². The fraction of sp³-hybridized carbons (Fsp3) is 0.130. The van der Waals surface area contributed by atoms with Crippen molar-refractivity contribution in [3.05, 3.63) is 83.5 Å². The Morgan fingerprint density at radius 2 is 1.81 bits per heavy atom. The molecule has 6 nitrogen and oxygen atoms in total. The van der Waals surface area contributed by atoms with Crippen LogP contribution in [0, 0.1) is 0 Å². The van der Waals surface area contributed by atoms with E-state index in [1.165, 1.54) is 18.1 Å². The van der Waals surface area contributed by atoms with Crippen LogP contribution in [0.15, 0.2) is 77.4 Å². The quantitative estimate of drug-likeness (QED) is 0.310. The summed E-state index contributed by atoms with van der Waals surface area (Å²) in [5.74, 6) is -0.263. The average Bonchev–Trinajstić information content (AvgIpc) is 3.28. The lowest BCUT2D eigenvalue weighted by Crippen LogP contribution is -2.28. The second-order valence-corrected chi connectivity index (χ2v) is 8.68. The number of thiophene rings is 1. The predicted molar refractivity (Wildman–Crippen MR) is 126 cm³/mol. The molecule has 2 N–H and O–H groups in total. The van der Waals surface area contributed by atoms with Gasteiger partial charge in [0.2, 0.25) is 5.91 Å². The molecule has 0 saturated carbocycles. The van der Waals surface area contributed by atoms with Crippen LogP contribution in [0.3, 0.4) is 0 Å². The number of fused-ring (bicyclic) bond motifs is 1. The molecule has 0 fully saturated rings. The fourth-order valence-corrected chi connectivity index (χ4v) is 4.83. The van der Waals surface area contributed by atoms with E-state index in [0.717, 1.165) is 20.8 Å². The Kier molecular flexibility index (Phi) is 6.59. The molecule has 0 aliphatic rings. The van der Waals surface area contributed by atoms with E-state index in [9.17, 15) is 9.59 Å². The molecule has 1 unspecified atom stereocenters. The summed E-state index contributed by atoms with van der Waals surface area (Å²) in [5.41, 5.74) is 2.79. The maximum absolute atomic E-state index is 12.8. The topological polar surface area (TPSA) is 84.0 Å². The first-order valence-corrected chi connectivity index (χ1v) is 11.5. The van der Waals surface area contributed by atoms with E-state index in [0.29, 0.717) is 11.3 Å². The van der Waals surface area contributed by atoms with E-state index in [2.05, 4.69) is 20.6 Å². The van der Waals surface area contributed by atoms with Gasteiger partial charge in [0.1, 0.15) is 11.4 Å². The monoisotopic (exact) mass is 448 g/mol. The zero-order valence-corrected chi connectivity index (χ0v) is 18.4. The molecule has 1 atom stereocenters. The number of benzene rings is 2. The molecule has 0 aliphatic heterocycles. The molecule has 0 radical (unpaired) electrons. The van der Waals surface area contributed by atoms with Gasteiger partial charge in [-0.25, -0.2) is 9.97 Å². The Labute approximate surface area is 188 Å². The molecule has 4 rings (SSSR count). The van der Waals surface area contributed by atoms with Gasteiger partial charge in [-0.05, 0) is 36.1 Å². The highest BCUT2D eigenvalue weighted by molar-refractivity contribution is 8.00. The lowest BCUT2D eigenvalue weighted by Gasteiger charge is -2.16. The van der Waals surface area contributed by atoms with Crippen LogP contribution in [-0.4, -0.2) is 27.5 Å². The number of rotatable bonds is 7. The van der Waals surface area contributed by atoms with Crippen molar-refractivity contribution in [2.24, 2.45) is 0 Å². The summed E-state index contributed by atoms with van der Waals surface area (Å²) in [4.78, 5) is 33.9. The molecule has 31 heavy (non-hydrogen) atoms. The van der Waals surface area contributed by atoms with E-state index in [-0.39, 0.29) is 23.6 Å². The van der Waals surface area contributed by atoms with Gasteiger partial charge in [0, 0.05) is 0 Å². The first-order chi connectivity index (χ1) is 15.1. The summed E-state index contributed by atoms with van der Waals surface area (Å²) < 4.78 is 0.968. The van der Waals surface area contributed by atoms with Crippen LogP contribution in [0.25, 0.3) is 10.2 Å². The van der Waals surface area contributed by atoms with Crippen molar-refractivity contribution in [3.8, 4) is 0 Å². The van der Waals surface area contributed by atoms with Gasteiger partial charge in [-0.15, -0.1) is 11.3 Å². The van der Waals surface area contributed by atoms with Crippen LogP contribution in [0.2, 0.25) is 0 Å². The standard InChI is InChI=1S/C23H20N4O2S2/c1-15(16-7-3-2-4-8-16)26-22(29)17-9-5-6-10-18(17)27-20(28)13-31-23-21-19(11-12-30-21)24-14-25-23/h2-12,14-15H,13H2,1H3,(H,26,29)(H,27,28). The first-order valence-electron chi connectivity index (χ1n) is 9.67. The number of anilines is 1. The van der Waals surface area contributed by atoms with E-state index in [4.69, 9.17) is 0 Å². The molecule has 2 heterocycles. The Morgan fingerprint density at radius 3 is 2.65 bits per heavy atom. The largest absolute Gasteiger partial charge is 0.345 e. The number of nitrogens with one attached hydrogen (secondary N) is 2. The molecule has 2 aromatic carbocycles. The number of nitrogens with zero attached hydrogens (tertiary/aromatic N) is 2. The van der Waals surface area contributed by atoms with Gasteiger partial charge in [0.15, 0.2) is 0 Å². The van der Waals surface area contributed by atoms with E-state index in [1.807, 2.05) is 48.7 Å². The lowest BCUT2D eigenvalue weighted by molar-refractivity contribution is -0.113. The normalized spacial score (nSPS) is 11.8. The summed E-state index contributed by atoms with van der Waals surface area (Å²) in [6.45, 7) is 1.93. The minimum absolute atomic E-state index is 0.154. The number of hydrogen-bond acceptors (Lipinski definition) is 6. The smallest absolute Gasteiger partial charge is 0.253 e. The predicted octanol–water partition coefficient (Wildman–Crippen LogP) is 4.91. The van der Waals surface area contributed by atoms with Gasteiger partial charge >= 0.3 is 0 Å². The summed E-state index contributed by atoms with van der Waals surface area (Å²) in [7, 11) is 0. The lowest BCUT2D eigenvalue weighted by atomic mass is 10.1. The van der Waals surface area contributed by atoms with E-state index in [1.54, 1.807) is 35.6 Å². The Bertz CT molecular complexity index is 1210. The van der Waals surface area contributed by atoms with Crippen LogP contribution in [0.5, 0.6) is 0 Å². The van der Waals surface area contributed by atoms with Crippen molar-refractivity contribution in [2.45, 2.75) is 18.0 Å². The highest BCUT2D eigenvalue weighted by atomic mass is 32.2. The number of carbonyl (C=O) groups excluding carboxylic acids is 2. The Morgan fingerprint density at radius 1 is 1.03 bits per heavy atom. The van der Waals surface area contributed by atoms with Gasteiger partial charge < -0.3 is 10.6 Å². The van der Waals surface area contributed by atoms with Gasteiger partial charge in [-0.2, -0.15) is 0 Å². The van der Waals surface area contributed by atoms with Crippen LogP contribution >= 0.6 is 23.1 Å². The highest BCUT2D eigenvalue weighted by Gasteiger charge is 2.16. The van der Waals surface area contributed by atoms with E-state index < -0.39 is 0 Å². The maximum atomic E-state index is 12.8. The second kappa shape index (κ2) is 9.72. The third-order valence-electron chi connectivity index (χ3n) is 4.64. The zero-order chi connectivity index (χ0) is 21.6. The van der Waals surface area contributed by atoms with Crippen LogP contribution < -0.4 is 10.6 Å². The summed E-state index contributed by atoms with van der Waals surface area (Å²) >= 11 is 2.90. The number of thioether (sulfide) groups is 1. The van der Waals surface area contributed by atoms with Crippen molar-refractivity contribution < 1.29 is 9.59 Å². The SMILES string of the molecule is CC(NC(=O)c1ccccc1NC(=O)CSc1ncnc2ccsc12)c1ccccc1. The fourth-order valence-electron chi connectivity index (χ4n) is 3.08. The van der Waals surface area contributed by atoms with Crippen molar-refractivity contribution in [1.82, 2.24) is 15.3 Å². The van der Waals surface area contributed by atoms with Gasteiger partial charge in [-0.3, -0.25) is 9.59 Å². The molecule has 0 bridgehead atoms. The molecule has 156 valence electrons. The van der Waals surface area contributed by atoms with Crippen LogP contribution in [0.4, 0.5) is 5.69 Å². The molecular formula is C23H20N4O2S2. The first kappa shape index (κ1) is 21.0. The van der Waals surface area contributed by atoms with Crippen LogP contribution in [0.1, 0.15) is 28.9 Å². The maximum Gasteiger partial charge on any atom is 0.253 e. The Hall–Kier alpha value is -3.23. The van der Waals surface area contributed by atoms with Crippen molar-refractivity contribution in [2.75, 3.05) is 11.1 Å². The molecule has 0 aliphatic carbocycles. The minimum atomic E-state index is -0.240. The highest BCUT2D eigenvalue weighted by Crippen LogP contribution is 2.28. The van der Waals surface area contributed by atoms with Crippen molar-refractivity contribution >= 4 is 50.8 Å². The van der Waals surface area contributed by atoms with Crippen molar-refractivity contribution in [3.63, 3.8) is 0 Å². The number of amides is 2. The second-order valence-electron chi connectivity index (χ2n) is 6.80. The Balaban J connectivity index is 1.41. The van der Waals surface area contributed by atoms with Crippen molar-refractivity contribution in [1.29, 1.82) is 0 Å². The van der Waals surface area contributed by atoms with Crippen LogP contribution in [-0.2, 0) is 4.79 Å². The summed E-state index contributed by atoms with van der Waals surface area (Å²) in [6, 6.07) is 18.5. The molecule has 8 heteroatoms. The third kappa shape index (κ3) is 5.10. The van der Waals surface area contributed by atoms with E-state index >= 15 is 0 Å². The molecule has 0 spiro atoms.